The van der Waals surface area contributed by atoms with Crippen molar-refractivity contribution in [3.8, 4) is 11.1 Å². The van der Waals surface area contributed by atoms with Gasteiger partial charge in [-0.2, -0.15) is 18.3 Å². The lowest BCUT2D eigenvalue weighted by Crippen LogP contribution is -2.21. The Morgan fingerprint density at radius 1 is 1.24 bits per heavy atom. The Morgan fingerprint density at radius 3 is 2.47 bits per heavy atom. The third-order valence-corrected chi connectivity index (χ3v) is 6.26. The second kappa shape index (κ2) is 8.69. The molecule has 0 bridgehead atoms. The lowest BCUT2D eigenvalue weighted by molar-refractivity contribution is -0.140. The van der Waals surface area contributed by atoms with Gasteiger partial charge in [-0.05, 0) is 36.2 Å². The number of pyridine rings is 1. The molecule has 0 unspecified atom stereocenters. The second-order valence-corrected chi connectivity index (χ2v) is 8.62. The molecule has 0 fully saturated rings. The summed E-state index contributed by atoms with van der Waals surface area (Å²) in [4.78, 5) is 28.1. The maximum atomic E-state index is 13.5. The van der Waals surface area contributed by atoms with E-state index >= 15 is 0 Å². The summed E-state index contributed by atoms with van der Waals surface area (Å²) in [6.45, 7) is 1.36. The van der Waals surface area contributed by atoms with Crippen molar-refractivity contribution in [3.05, 3.63) is 63.6 Å². The topological polar surface area (TPSA) is 103 Å². The molecule has 0 aliphatic heterocycles. The van der Waals surface area contributed by atoms with Crippen LogP contribution in [0, 0.1) is 12.7 Å². The van der Waals surface area contributed by atoms with Gasteiger partial charge in [0.1, 0.15) is 27.8 Å². The highest BCUT2D eigenvalue weighted by atomic mass is 35.5. The fraction of sp³-hybridized carbons (Fsp3) is 0.143. The van der Waals surface area contributed by atoms with Crippen molar-refractivity contribution < 1.29 is 27.2 Å². The zero-order valence-corrected chi connectivity index (χ0v) is 18.8. The number of aromatic nitrogens is 3. The molecule has 3 N–H and O–H groups in total. The fourth-order valence-electron chi connectivity index (χ4n) is 3.29. The maximum Gasteiger partial charge on any atom is 0.433 e. The molecule has 3 aromatic heterocycles. The van der Waals surface area contributed by atoms with Crippen molar-refractivity contribution in [1.82, 2.24) is 14.8 Å². The quantitative estimate of drug-likeness (QED) is 0.367. The molecule has 176 valence electrons. The molecule has 0 aliphatic rings. The van der Waals surface area contributed by atoms with Crippen LogP contribution in [-0.2, 0) is 17.5 Å². The highest BCUT2D eigenvalue weighted by Crippen LogP contribution is 2.43. The number of aryl methyl sites for hydroxylation is 1. The minimum Gasteiger partial charge on any atom is -0.365 e. The van der Waals surface area contributed by atoms with Crippen LogP contribution in [0.15, 0.2) is 36.5 Å². The summed E-state index contributed by atoms with van der Waals surface area (Å²) in [5, 5.41) is 7.03. The highest BCUT2D eigenvalue weighted by molar-refractivity contribution is 7.21. The lowest BCUT2D eigenvalue weighted by Gasteiger charge is -2.12. The van der Waals surface area contributed by atoms with E-state index in [-0.39, 0.29) is 38.5 Å². The number of amides is 2. The minimum absolute atomic E-state index is 0.00523. The van der Waals surface area contributed by atoms with E-state index in [0.717, 1.165) is 18.2 Å². The number of hydrogen-bond acceptors (Lipinski definition) is 5. The average molecular weight is 512 g/mol. The first-order valence-electron chi connectivity index (χ1n) is 9.54. The largest absolute Gasteiger partial charge is 0.433 e. The van der Waals surface area contributed by atoms with Crippen molar-refractivity contribution in [2.75, 3.05) is 5.32 Å². The highest BCUT2D eigenvalue weighted by Gasteiger charge is 2.35. The predicted molar refractivity (Wildman–Crippen MR) is 119 cm³/mol. The number of primary amides is 1. The molecule has 3 heterocycles. The monoisotopic (exact) mass is 511 g/mol. The average Bonchev–Trinajstić information content (AvgIpc) is 3.26. The first kappa shape index (κ1) is 23.6. The van der Waals surface area contributed by atoms with Crippen molar-refractivity contribution in [2.24, 2.45) is 5.73 Å². The number of hydrogen-bond donors (Lipinski definition) is 2. The number of alkyl halides is 3. The van der Waals surface area contributed by atoms with E-state index in [4.69, 9.17) is 17.3 Å². The minimum atomic E-state index is -4.79. The Morgan fingerprint density at radius 2 is 1.91 bits per heavy atom. The van der Waals surface area contributed by atoms with Gasteiger partial charge >= 0.3 is 6.18 Å². The van der Waals surface area contributed by atoms with Crippen molar-refractivity contribution in [2.45, 2.75) is 19.6 Å². The molecule has 0 radical (unpaired) electrons. The molecule has 34 heavy (non-hydrogen) atoms. The number of anilines is 1. The Labute approximate surface area is 198 Å². The van der Waals surface area contributed by atoms with Crippen LogP contribution in [0.5, 0.6) is 0 Å². The number of nitrogens with zero attached hydrogens (tertiary/aromatic N) is 3. The van der Waals surface area contributed by atoms with E-state index in [1.807, 2.05) is 0 Å². The van der Waals surface area contributed by atoms with Crippen LogP contribution in [0.2, 0.25) is 5.02 Å². The number of rotatable bonds is 5. The molecule has 0 saturated carbocycles. The van der Waals surface area contributed by atoms with Crippen molar-refractivity contribution in [1.29, 1.82) is 0 Å². The van der Waals surface area contributed by atoms with Gasteiger partial charge in [0.15, 0.2) is 0 Å². The number of fused-ring (bicyclic) bond motifs is 1. The zero-order valence-electron chi connectivity index (χ0n) is 17.2. The summed E-state index contributed by atoms with van der Waals surface area (Å²) in [6.07, 6.45) is -3.36. The third-order valence-electron chi connectivity index (χ3n) is 4.79. The summed E-state index contributed by atoms with van der Waals surface area (Å²) >= 11 is 6.56. The molecule has 1 aromatic carbocycles. The summed E-state index contributed by atoms with van der Waals surface area (Å²) in [5.41, 5.74) is 4.86. The van der Waals surface area contributed by atoms with Gasteiger partial charge in [-0.3, -0.25) is 14.3 Å². The lowest BCUT2D eigenvalue weighted by atomic mass is 10.0. The molecule has 4 rings (SSSR count). The number of halogens is 5. The van der Waals surface area contributed by atoms with Gasteiger partial charge in [0.05, 0.1) is 16.4 Å². The van der Waals surface area contributed by atoms with Gasteiger partial charge in [0.2, 0.25) is 5.91 Å². The molecule has 0 spiro atoms. The summed E-state index contributed by atoms with van der Waals surface area (Å²) in [6, 6.07) is 5.51. The Balaban J connectivity index is 1.89. The van der Waals surface area contributed by atoms with E-state index in [1.165, 1.54) is 23.0 Å². The Kier molecular flexibility index (Phi) is 6.04. The van der Waals surface area contributed by atoms with Crippen LogP contribution in [0.4, 0.5) is 23.2 Å². The standard InChI is InChI=1S/C21H14ClF4N5O2S/c1-9-13(22)7-31(30-9)8-15(32)29-17-16-12(10-2-4-11(23)5-3-10)6-14(21(24,25)26)28-20(16)34-18(17)19(27)33/h2-7H,8H2,1H3,(H2,27,33)(H,29,32). The van der Waals surface area contributed by atoms with Gasteiger partial charge in [0, 0.05) is 11.6 Å². The van der Waals surface area contributed by atoms with Crippen LogP contribution in [0.3, 0.4) is 0 Å². The molecular formula is C21H14ClF4N5O2S. The van der Waals surface area contributed by atoms with Crippen LogP contribution in [0.1, 0.15) is 21.1 Å². The number of carbonyl (C=O) groups excluding carboxylic acids is 2. The first-order valence-corrected chi connectivity index (χ1v) is 10.7. The zero-order chi connectivity index (χ0) is 24.8. The van der Waals surface area contributed by atoms with Crippen LogP contribution < -0.4 is 11.1 Å². The number of benzene rings is 1. The predicted octanol–water partition coefficient (Wildman–Crippen LogP) is 5.02. The summed E-state index contributed by atoms with van der Waals surface area (Å²) in [7, 11) is 0. The van der Waals surface area contributed by atoms with Gasteiger partial charge in [0.25, 0.3) is 5.91 Å². The smallest absolute Gasteiger partial charge is 0.365 e. The Bertz CT molecular complexity index is 1410. The SMILES string of the molecule is Cc1nn(CC(=O)Nc2c(C(N)=O)sc3nc(C(F)(F)F)cc(-c4ccc(F)cc4)c23)cc1Cl. The van der Waals surface area contributed by atoms with Crippen molar-refractivity contribution >= 4 is 50.7 Å². The van der Waals surface area contributed by atoms with E-state index in [1.54, 1.807) is 6.92 Å². The number of carbonyl (C=O) groups is 2. The molecular weight excluding hydrogens is 498 g/mol. The Hall–Kier alpha value is -3.51. The van der Waals surface area contributed by atoms with E-state index in [0.29, 0.717) is 22.1 Å². The molecule has 0 aliphatic carbocycles. The second-order valence-electron chi connectivity index (χ2n) is 7.22. The molecule has 2 amide bonds. The third kappa shape index (κ3) is 4.59. The van der Waals surface area contributed by atoms with Gasteiger partial charge in [-0.15, -0.1) is 11.3 Å². The molecule has 4 aromatic rings. The number of nitrogens with two attached hydrogens (primary N) is 1. The number of thiophene rings is 1. The van der Waals surface area contributed by atoms with E-state index in [2.05, 4.69) is 15.4 Å². The van der Waals surface area contributed by atoms with E-state index < -0.39 is 29.5 Å². The van der Waals surface area contributed by atoms with E-state index in [9.17, 15) is 27.2 Å². The number of nitrogens with one attached hydrogen (secondary N) is 1. The van der Waals surface area contributed by atoms with Gasteiger partial charge in [-0.1, -0.05) is 23.7 Å². The molecule has 0 saturated heterocycles. The molecule has 7 nitrogen and oxygen atoms in total. The van der Waals surface area contributed by atoms with Gasteiger partial charge < -0.3 is 11.1 Å². The van der Waals surface area contributed by atoms with Gasteiger partial charge in [-0.25, -0.2) is 9.37 Å². The van der Waals surface area contributed by atoms with Crippen LogP contribution in [0.25, 0.3) is 21.3 Å². The summed E-state index contributed by atoms with van der Waals surface area (Å²) in [5.74, 6) is -2.18. The normalized spacial score (nSPS) is 11.7. The molecule has 0 atom stereocenters. The first-order chi connectivity index (χ1) is 15.9. The fourth-order valence-corrected chi connectivity index (χ4v) is 4.45. The molecule has 13 heteroatoms. The van der Waals surface area contributed by atoms with Crippen LogP contribution >= 0.6 is 22.9 Å². The summed E-state index contributed by atoms with van der Waals surface area (Å²) < 4.78 is 55.3. The van der Waals surface area contributed by atoms with Crippen molar-refractivity contribution in [3.63, 3.8) is 0 Å². The maximum absolute atomic E-state index is 13.5. The van der Waals surface area contributed by atoms with Crippen LogP contribution in [-0.4, -0.2) is 26.6 Å².